The van der Waals surface area contributed by atoms with Gasteiger partial charge < -0.3 is 0 Å². The van der Waals surface area contributed by atoms with E-state index in [1.807, 2.05) is 36.4 Å². The van der Waals surface area contributed by atoms with E-state index in [9.17, 15) is 4.79 Å². The van der Waals surface area contributed by atoms with Crippen molar-refractivity contribution >= 4 is 17.5 Å². The second kappa shape index (κ2) is 6.15. The van der Waals surface area contributed by atoms with Crippen LogP contribution in [0.25, 0.3) is 0 Å². The summed E-state index contributed by atoms with van der Waals surface area (Å²) in [5, 5.41) is 0. The lowest BCUT2D eigenvalue weighted by atomic mass is 10.2. The minimum absolute atomic E-state index is 0.157. The number of carbonyl (C=O) groups is 1. The number of hydrogen-bond acceptors (Lipinski definition) is 4. The molecule has 3 nitrogen and oxygen atoms in total. The zero-order chi connectivity index (χ0) is 11.9. The van der Waals surface area contributed by atoms with Crippen LogP contribution < -0.4 is 0 Å². The van der Waals surface area contributed by atoms with Crippen LogP contribution in [0.15, 0.2) is 48.9 Å². The SMILES string of the molecule is O=C(CSCc1ccncn1)c1ccccc1. The Labute approximate surface area is 104 Å². The van der Waals surface area contributed by atoms with Crippen molar-refractivity contribution in [3.8, 4) is 0 Å². The van der Waals surface area contributed by atoms with E-state index in [1.165, 1.54) is 6.33 Å². The highest BCUT2D eigenvalue weighted by atomic mass is 32.2. The Morgan fingerprint density at radius 3 is 2.71 bits per heavy atom. The summed E-state index contributed by atoms with van der Waals surface area (Å²) in [7, 11) is 0. The molecule has 2 rings (SSSR count). The molecule has 0 aliphatic carbocycles. The Morgan fingerprint density at radius 1 is 1.18 bits per heavy atom. The van der Waals surface area contributed by atoms with Crippen LogP contribution in [-0.2, 0) is 5.75 Å². The topological polar surface area (TPSA) is 42.9 Å². The lowest BCUT2D eigenvalue weighted by Gasteiger charge is -2.01. The fraction of sp³-hybridized carbons (Fsp3) is 0.154. The molecule has 0 fully saturated rings. The molecule has 0 amide bonds. The molecule has 0 spiro atoms. The zero-order valence-corrected chi connectivity index (χ0v) is 10.1. The molecule has 0 radical (unpaired) electrons. The van der Waals surface area contributed by atoms with Gasteiger partial charge in [0.15, 0.2) is 5.78 Å². The first kappa shape index (κ1) is 11.8. The highest BCUT2D eigenvalue weighted by Crippen LogP contribution is 2.11. The summed E-state index contributed by atoms with van der Waals surface area (Å²) in [6.07, 6.45) is 3.23. The number of carbonyl (C=O) groups excluding carboxylic acids is 1. The Morgan fingerprint density at radius 2 is 2.00 bits per heavy atom. The van der Waals surface area contributed by atoms with Crippen molar-refractivity contribution in [3.05, 3.63) is 60.2 Å². The summed E-state index contributed by atoms with van der Waals surface area (Å²) >= 11 is 1.57. The fourth-order valence-electron chi connectivity index (χ4n) is 1.36. The average molecular weight is 244 g/mol. The molecule has 0 aliphatic rings. The Kier molecular flexibility index (Phi) is 4.27. The van der Waals surface area contributed by atoms with Crippen LogP contribution in [0.5, 0.6) is 0 Å². The maximum atomic E-state index is 11.8. The smallest absolute Gasteiger partial charge is 0.172 e. The Hall–Kier alpha value is -1.68. The number of rotatable bonds is 5. The van der Waals surface area contributed by atoms with Gasteiger partial charge in [0.05, 0.1) is 11.4 Å². The summed E-state index contributed by atoms with van der Waals surface area (Å²) in [5.74, 6) is 1.37. The summed E-state index contributed by atoms with van der Waals surface area (Å²) in [6, 6.07) is 11.2. The Bertz CT molecular complexity index is 473. The van der Waals surface area contributed by atoms with Crippen LogP contribution in [0.4, 0.5) is 0 Å². The lowest BCUT2D eigenvalue weighted by molar-refractivity contribution is 0.102. The summed E-state index contributed by atoms with van der Waals surface area (Å²) in [4.78, 5) is 19.7. The van der Waals surface area contributed by atoms with E-state index in [2.05, 4.69) is 9.97 Å². The van der Waals surface area contributed by atoms with Crippen molar-refractivity contribution in [1.29, 1.82) is 0 Å². The first-order valence-corrected chi connectivity index (χ1v) is 6.42. The predicted molar refractivity (Wildman–Crippen MR) is 69.0 cm³/mol. The maximum Gasteiger partial charge on any atom is 0.172 e. The molecule has 17 heavy (non-hydrogen) atoms. The molecule has 0 N–H and O–H groups in total. The Balaban J connectivity index is 1.82. The van der Waals surface area contributed by atoms with Crippen LogP contribution in [0.1, 0.15) is 16.1 Å². The number of thioether (sulfide) groups is 1. The fourth-order valence-corrected chi connectivity index (χ4v) is 2.19. The van der Waals surface area contributed by atoms with Gasteiger partial charge in [-0.2, -0.15) is 0 Å². The molecule has 1 aromatic heterocycles. The maximum absolute atomic E-state index is 11.8. The molecule has 0 aliphatic heterocycles. The summed E-state index contributed by atoms with van der Waals surface area (Å²) < 4.78 is 0. The number of aromatic nitrogens is 2. The van der Waals surface area contributed by atoms with E-state index < -0.39 is 0 Å². The van der Waals surface area contributed by atoms with Gasteiger partial charge in [0.1, 0.15) is 6.33 Å². The predicted octanol–water partition coefficient (Wildman–Crippen LogP) is 2.59. The first-order valence-electron chi connectivity index (χ1n) is 5.27. The number of benzene rings is 1. The van der Waals surface area contributed by atoms with Gasteiger partial charge in [-0.1, -0.05) is 30.3 Å². The zero-order valence-electron chi connectivity index (χ0n) is 9.24. The van der Waals surface area contributed by atoms with Gasteiger partial charge >= 0.3 is 0 Å². The third kappa shape index (κ3) is 3.67. The normalized spacial score (nSPS) is 10.1. The van der Waals surface area contributed by atoms with Gasteiger partial charge in [-0.15, -0.1) is 11.8 Å². The molecule has 1 heterocycles. The van der Waals surface area contributed by atoms with Crippen molar-refractivity contribution in [2.45, 2.75) is 5.75 Å². The van der Waals surface area contributed by atoms with E-state index in [4.69, 9.17) is 0 Å². The van der Waals surface area contributed by atoms with Crippen molar-refractivity contribution in [1.82, 2.24) is 9.97 Å². The van der Waals surface area contributed by atoms with Gasteiger partial charge in [0.25, 0.3) is 0 Å². The first-order chi connectivity index (χ1) is 8.36. The molecule has 1 aromatic carbocycles. The number of Topliss-reactive ketones (excluding diaryl/α,β-unsaturated/α-hetero) is 1. The molecule has 86 valence electrons. The van der Waals surface area contributed by atoms with Crippen LogP contribution in [-0.4, -0.2) is 21.5 Å². The highest BCUT2D eigenvalue weighted by Gasteiger charge is 2.05. The van der Waals surface area contributed by atoms with Gasteiger partial charge in [-0.05, 0) is 6.07 Å². The minimum Gasteiger partial charge on any atom is -0.293 e. The minimum atomic E-state index is 0.157. The molecule has 0 saturated heterocycles. The highest BCUT2D eigenvalue weighted by molar-refractivity contribution is 7.99. The molecule has 0 unspecified atom stereocenters. The summed E-state index contributed by atoms with van der Waals surface area (Å²) in [5.41, 5.74) is 1.72. The van der Waals surface area contributed by atoms with E-state index in [1.54, 1.807) is 18.0 Å². The molecular weight excluding hydrogens is 232 g/mol. The molecular formula is C13H12N2OS. The van der Waals surface area contributed by atoms with Crippen molar-refractivity contribution in [3.63, 3.8) is 0 Å². The molecule has 4 heteroatoms. The van der Waals surface area contributed by atoms with E-state index in [0.29, 0.717) is 5.75 Å². The van der Waals surface area contributed by atoms with Gasteiger partial charge in [-0.25, -0.2) is 9.97 Å². The van der Waals surface area contributed by atoms with E-state index >= 15 is 0 Å². The lowest BCUT2D eigenvalue weighted by Crippen LogP contribution is -2.02. The van der Waals surface area contributed by atoms with Gasteiger partial charge in [0, 0.05) is 17.5 Å². The standard InChI is InChI=1S/C13H12N2OS/c16-13(11-4-2-1-3-5-11)9-17-8-12-6-7-14-10-15-12/h1-7,10H,8-9H2. The second-order valence-corrected chi connectivity index (χ2v) is 4.47. The second-order valence-electron chi connectivity index (χ2n) is 3.48. The van der Waals surface area contributed by atoms with Crippen molar-refractivity contribution < 1.29 is 4.79 Å². The number of hydrogen-bond donors (Lipinski definition) is 0. The van der Waals surface area contributed by atoms with Gasteiger partial charge in [0.2, 0.25) is 0 Å². The van der Waals surface area contributed by atoms with Crippen LogP contribution in [0.3, 0.4) is 0 Å². The number of nitrogens with zero attached hydrogens (tertiary/aromatic N) is 2. The number of ketones is 1. The van der Waals surface area contributed by atoms with Crippen molar-refractivity contribution in [2.24, 2.45) is 0 Å². The molecule has 0 saturated carbocycles. The van der Waals surface area contributed by atoms with E-state index in [-0.39, 0.29) is 5.78 Å². The molecule has 2 aromatic rings. The van der Waals surface area contributed by atoms with Crippen LogP contribution in [0.2, 0.25) is 0 Å². The third-order valence-corrected chi connectivity index (χ3v) is 3.19. The largest absolute Gasteiger partial charge is 0.293 e. The van der Waals surface area contributed by atoms with E-state index in [0.717, 1.165) is 17.0 Å². The quantitative estimate of drug-likeness (QED) is 0.758. The molecule has 0 bridgehead atoms. The summed E-state index contributed by atoms with van der Waals surface area (Å²) in [6.45, 7) is 0. The monoisotopic (exact) mass is 244 g/mol. The van der Waals surface area contributed by atoms with Crippen LogP contribution in [0, 0.1) is 0 Å². The van der Waals surface area contributed by atoms with Crippen molar-refractivity contribution in [2.75, 3.05) is 5.75 Å². The molecule has 0 atom stereocenters. The van der Waals surface area contributed by atoms with Gasteiger partial charge in [-0.3, -0.25) is 4.79 Å². The third-order valence-electron chi connectivity index (χ3n) is 2.22. The van der Waals surface area contributed by atoms with Crippen LogP contribution >= 0.6 is 11.8 Å². The average Bonchev–Trinajstić information content (AvgIpc) is 2.41.